The van der Waals surface area contributed by atoms with Gasteiger partial charge in [0.05, 0.1) is 5.60 Å². The van der Waals surface area contributed by atoms with Crippen LogP contribution in [-0.2, 0) is 0 Å². The first-order chi connectivity index (χ1) is 5.93. The zero-order chi connectivity index (χ0) is 9.85. The third kappa shape index (κ3) is 0.953. The van der Waals surface area contributed by atoms with E-state index in [0.29, 0.717) is 18.4 Å². The van der Waals surface area contributed by atoms with Gasteiger partial charge < -0.3 is 16.6 Å². The van der Waals surface area contributed by atoms with E-state index < -0.39 is 5.60 Å². The quantitative estimate of drug-likeness (QED) is 0.540. The zero-order valence-corrected chi connectivity index (χ0v) is 8.46. The van der Waals surface area contributed by atoms with E-state index in [1.54, 1.807) is 0 Å². The molecule has 3 nitrogen and oxygen atoms in total. The van der Waals surface area contributed by atoms with Crippen LogP contribution in [0, 0.1) is 17.3 Å². The van der Waals surface area contributed by atoms with Gasteiger partial charge in [0.25, 0.3) is 0 Å². The molecule has 0 spiro atoms. The lowest BCUT2D eigenvalue weighted by atomic mass is 9.43. The van der Waals surface area contributed by atoms with Crippen molar-refractivity contribution in [3.8, 4) is 0 Å². The Kier molecular flexibility index (Phi) is 1.79. The molecule has 0 aromatic carbocycles. The number of aliphatic hydroxyl groups is 1. The minimum atomic E-state index is -0.807. The average Bonchev–Trinajstić information content (AvgIpc) is 2.08. The van der Waals surface area contributed by atoms with Crippen LogP contribution in [0.3, 0.4) is 0 Å². The van der Waals surface area contributed by atoms with Gasteiger partial charge in [0.1, 0.15) is 0 Å². The molecule has 0 saturated heterocycles. The van der Waals surface area contributed by atoms with Crippen molar-refractivity contribution >= 4 is 0 Å². The van der Waals surface area contributed by atoms with Gasteiger partial charge in [-0.15, -0.1) is 0 Å². The Hall–Kier alpha value is -0.120. The van der Waals surface area contributed by atoms with E-state index in [2.05, 4.69) is 13.8 Å². The Balaban J connectivity index is 2.27. The molecule has 0 aromatic heterocycles. The van der Waals surface area contributed by atoms with Crippen LogP contribution in [0.15, 0.2) is 0 Å². The Morgan fingerprint density at radius 1 is 1.38 bits per heavy atom. The summed E-state index contributed by atoms with van der Waals surface area (Å²) in [5.74, 6) is 0.998. The highest BCUT2D eigenvalue weighted by Crippen LogP contribution is 2.61. The van der Waals surface area contributed by atoms with E-state index in [-0.39, 0.29) is 11.5 Å². The van der Waals surface area contributed by atoms with Crippen molar-refractivity contribution in [2.45, 2.75) is 38.3 Å². The topological polar surface area (TPSA) is 72.3 Å². The SMILES string of the molecule is CC1(C)[C@@H]2C[C@H]1[C@](O)(CN)[C@@H](N)C2. The van der Waals surface area contributed by atoms with Gasteiger partial charge in [-0.3, -0.25) is 0 Å². The summed E-state index contributed by atoms with van der Waals surface area (Å²) in [7, 11) is 0. The van der Waals surface area contributed by atoms with E-state index in [9.17, 15) is 5.11 Å². The summed E-state index contributed by atoms with van der Waals surface area (Å²) in [6, 6.07) is -0.116. The van der Waals surface area contributed by atoms with Crippen LogP contribution in [0.1, 0.15) is 26.7 Å². The number of rotatable bonds is 1. The monoisotopic (exact) mass is 184 g/mol. The van der Waals surface area contributed by atoms with Gasteiger partial charge in [0.15, 0.2) is 0 Å². The highest BCUT2D eigenvalue weighted by Gasteiger charge is 2.63. The van der Waals surface area contributed by atoms with E-state index in [1.807, 2.05) is 0 Å². The van der Waals surface area contributed by atoms with E-state index >= 15 is 0 Å². The Bertz CT molecular complexity index is 229. The third-order valence-electron chi connectivity index (χ3n) is 4.58. The minimum Gasteiger partial charge on any atom is -0.387 e. The van der Waals surface area contributed by atoms with Gasteiger partial charge in [-0.2, -0.15) is 0 Å². The molecule has 0 radical (unpaired) electrons. The van der Waals surface area contributed by atoms with Crippen LogP contribution in [0.2, 0.25) is 0 Å². The summed E-state index contributed by atoms with van der Waals surface area (Å²) in [5, 5.41) is 10.3. The van der Waals surface area contributed by atoms with Gasteiger partial charge >= 0.3 is 0 Å². The van der Waals surface area contributed by atoms with Crippen LogP contribution in [0.5, 0.6) is 0 Å². The standard InChI is InChI=1S/C10H20N2O/c1-9(2)6-3-7(9)10(13,5-11)8(12)4-6/h6-8,13H,3-5,11-12H2,1-2H3/t6-,7-,8+,10-/m1/s1. The summed E-state index contributed by atoms with van der Waals surface area (Å²) in [6.07, 6.45) is 2.03. The third-order valence-corrected chi connectivity index (χ3v) is 4.58. The van der Waals surface area contributed by atoms with Crippen LogP contribution >= 0.6 is 0 Å². The first-order valence-electron chi connectivity index (χ1n) is 5.11. The molecule has 0 aliphatic heterocycles. The van der Waals surface area contributed by atoms with Crippen LogP contribution in [0.25, 0.3) is 0 Å². The van der Waals surface area contributed by atoms with Crippen molar-refractivity contribution in [3.63, 3.8) is 0 Å². The average molecular weight is 184 g/mol. The first kappa shape index (κ1) is 9.44. The molecule has 3 saturated carbocycles. The summed E-state index contributed by atoms with van der Waals surface area (Å²) < 4.78 is 0. The fourth-order valence-corrected chi connectivity index (χ4v) is 3.33. The summed E-state index contributed by atoms with van der Waals surface area (Å²) in [6.45, 7) is 4.74. The van der Waals surface area contributed by atoms with Crippen LogP contribution in [-0.4, -0.2) is 23.3 Å². The molecule has 3 rings (SSSR count). The molecule has 0 aromatic rings. The van der Waals surface area contributed by atoms with Crippen molar-refractivity contribution in [2.75, 3.05) is 6.54 Å². The van der Waals surface area contributed by atoms with Crippen molar-refractivity contribution in [1.82, 2.24) is 0 Å². The molecular weight excluding hydrogens is 164 g/mol. The van der Waals surface area contributed by atoms with Gasteiger partial charge in [0.2, 0.25) is 0 Å². The number of hydrogen-bond donors (Lipinski definition) is 3. The molecule has 0 unspecified atom stereocenters. The van der Waals surface area contributed by atoms with Crippen LogP contribution in [0.4, 0.5) is 0 Å². The molecule has 0 heterocycles. The number of nitrogens with two attached hydrogens (primary N) is 2. The van der Waals surface area contributed by atoms with Crippen molar-refractivity contribution in [1.29, 1.82) is 0 Å². The number of hydrogen-bond acceptors (Lipinski definition) is 3. The summed E-state index contributed by atoms with van der Waals surface area (Å²) in [5.41, 5.74) is 11.0. The van der Waals surface area contributed by atoms with Crippen molar-refractivity contribution in [2.24, 2.45) is 28.7 Å². The Morgan fingerprint density at radius 2 is 2.00 bits per heavy atom. The van der Waals surface area contributed by atoms with E-state index in [4.69, 9.17) is 11.5 Å². The summed E-state index contributed by atoms with van der Waals surface area (Å²) >= 11 is 0. The van der Waals surface area contributed by atoms with Crippen molar-refractivity contribution < 1.29 is 5.11 Å². The van der Waals surface area contributed by atoms with Gasteiger partial charge in [-0.1, -0.05) is 13.8 Å². The summed E-state index contributed by atoms with van der Waals surface area (Å²) in [4.78, 5) is 0. The normalized spacial score (nSPS) is 52.8. The molecule has 76 valence electrons. The predicted octanol–water partition coefficient (Wildman–Crippen LogP) is 0.0695. The van der Waals surface area contributed by atoms with Gasteiger partial charge in [0, 0.05) is 12.6 Å². The smallest absolute Gasteiger partial charge is 0.0952 e. The minimum absolute atomic E-state index is 0.116. The van der Waals surface area contributed by atoms with Gasteiger partial charge in [-0.25, -0.2) is 0 Å². The highest BCUT2D eigenvalue weighted by atomic mass is 16.3. The Labute approximate surface area is 79.5 Å². The largest absolute Gasteiger partial charge is 0.387 e. The maximum Gasteiger partial charge on any atom is 0.0952 e. The second-order valence-electron chi connectivity index (χ2n) is 5.34. The maximum atomic E-state index is 10.3. The lowest BCUT2D eigenvalue weighted by molar-refractivity contribution is -0.206. The molecular formula is C10H20N2O. The fourth-order valence-electron chi connectivity index (χ4n) is 3.33. The molecule has 4 atom stereocenters. The van der Waals surface area contributed by atoms with Crippen molar-refractivity contribution in [3.05, 3.63) is 0 Å². The molecule has 2 bridgehead atoms. The molecule has 5 N–H and O–H groups in total. The molecule has 13 heavy (non-hydrogen) atoms. The maximum absolute atomic E-state index is 10.3. The molecule has 3 aliphatic rings. The molecule has 3 aliphatic carbocycles. The van der Waals surface area contributed by atoms with Crippen LogP contribution < -0.4 is 11.5 Å². The second-order valence-corrected chi connectivity index (χ2v) is 5.34. The fraction of sp³-hybridized carbons (Fsp3) is 1.00. The lowest BCUT2D eigenvalue weighted by Crippen LogP contribution is -2.72. The van der Waals surface area contributed by atoms with E-state index in [1.165, 1.54) is 0 Å². The highest BCUT2D eigenvalue weighted by molar-refractivity contribution is 5.15. The zero-order valence-electron chi connectivity index (χ0n) is 8.46. The van der Waals surface area contributed by atoms with E-state index in [0.717, 1.165) is 12.8 Å². The Morgan fingerprint density at radius 3 is 2.38 bits per heavy atom. The van der Waals surface area contributed by atoms with Gasteiger partial charge in [-0.05, 0) is 30.1 Å². The second kappa shape index (κ2) is 2.47. The number of fused-ring (bicyclic) bond motifs is 2. The molecule has 3 fully saturated rings. The first-order valence-corrected chi connectivity index (χ1v) is 5.11. The molecule has 0 amide bonds. The lowest BCUT2D eigenvalue weighted by Gasteiger charge is -2.65. The predicted molar refractivity (Wildman–Crippen MR) is 52.0 cm³/mol. The molecule has 3 heteroatoms.